The van der Waals surface area contributed by atoms with Gasteiger partial charge in [-0.3, -0.25) is 9.37 Å². The molecule has 0 saturated heterocycles. The van der Waals surface area contributed by atoms with Crippen molar-refractivity contribution in [2.75, 3.05) is 6.67 Å². The Morgan fingerprint density at radius 3 is 2.35 bits per heavy atom. The number of rotatable bonds is 4. The minimum Gasteiger partial charge on any atom is -0.380 e. The van der Waals surface area contributed by atoms with Crippen molar-refractivity contribution in [1.29, 1.82) is 0 Å². The number of pyridine rings is 1. The molecule has 1 atom stereocenters. The summed E-state index contributed by atoms with van der Waals surface area (Å²) in [5.41, 5.74) is -0.000856. The van der Waals surface area contributed by atoms with E-state index < -0.39 is 12.3 Å². The van der Waals surface area contributed by atoms with Gasteiger partial charge in [0.15, 0.2) is 0 Å². The lowest BCUT2D eigenvalue weighted by Gasteiger charge is -2.27. The van der Waals surface area contributed by atoms with Crippen LogP contribution in [0.4, 0.5) is 4.39 Å². The van der Waals surface area contributed by atoms with E-state index in [4.69, 9.17) is 0 Å². The van der Waals surface area contributed by atoms with Crippen molar-refractivity contribution in [2.24, 2.45) is 0 Å². The van der Waals surface area contributed by atoms with Crippen molar-refractivity contribution < 1.29 is 9.50 Å². The third-order valence-electron chi connectivity index (χ3n) is 2.85. The maximum atomic E-state index is 12.7. The minimum absolute atomic E-state index is 0.0305. The number of hydrogen-bond acceptors (Lipinski definition) is 2. The molecular weight excluding hydrogens is 217 g/mol. The van der Waals surface area contributed by atoms with Crippen molar-refractivity contribution in [1.82, 2.24) is 4.98 Å². The number of alkyl halides is 1. The third-order valence-corrected chi connectivity index (χ3v) is 2.85. The van der Waals surface area contributed by atoms with Crippen LogP contribution in [0.25, 0.3) is 0 Å². The summed E-state index contributed by atoms with van der Waals surface area (Å²) < 4.78 is 12.7. The molecule has 3 heteroatoms. The zero-order valence-corrected chi connectivity index (χ0v) is 9.38. The quantitative estimate of drug-likeness (QED) is 0.877. The summed E-state index contributed by atoms with van der Waals surface area (Å²) in [4.78, 5) is 3.98. The van der Waals surface area contributed by atoms with E-state index in [2.05, 4.69) is 4.98 Å². The second-order valence-corrected chi connectivity index (χ2v) is 3.91. The van der Waals surface area contributed by atoms with Crippen LogP contribution in [0.2, 0.25) is 0 Å². The van der Waals surface area contributed by atoms with Crippen LogP contribution < -0.4 is 0 Å². The summed E-state index contributed by atoms with van der Waals surface area (Å²) in [7, 11) is 0. The maximum absolute atomic E-state index is 12.7. The highest BCUT2D eigenvalue weighted by Gasteiger charge is 2.31. The zero-order chi connectivity index (χ0) is 12.1. The Balaban J connectivity index is 2.47. The summed E-state index contributed by atoms with van der Waals surface area (Å²) in [6.07, 6.45) is 3.23. The van der Waals surface area contributed by atoms with Crippen LogP contribution >= 0.6 is 0 Å². The van der Waals surface area contributed by atoms with E-state index in [1.807, 2.05) is 18.2 Å². The molecule has 0 fully saturated rings. The average molecular weight is 231 g/mol. The number of benzene rings is 1. The topological polar surface area (TPSA) is 33.1 Å². The van der Waals surface area contributed by atoms with Gasteiger partial charge in [-0.1, -0.05) is 36.4 Å². The highest BCUT2D eigenvalue weighted by atomic mass is 19.1. The van der Waals surface area contributed by atoms with E-state index in [0.29, 0.717) is 11.1 Å². The molecule has 0 saturated carbocycles. The molecule has 0 radical (unpaired) electrons. The van der Waals surface area contributed by atoms with Crippen molar-refractivity contribution in [3.8, 4) is 0 Å². The second kappa shape index (κ2) is 5.06. The molecule has 1 N–H and O–H groups in total. The van der Waals surface area contributed by atoms with Gasteiger partial charge in [0.05, 0.1) is 6.67 Å². The molecule has 0 aliphatic carbocycles. The van der Waals surface area contributed by atoms with Gasteiger partial charge in [-0.15, -0.1) is 0 Å². The molecule has 0 aliphatic rings. The van der Waals surface area contributed by atoms with Crippen molar-refractivity contribution in [3.63, 3.8) is 0 Å². The molecule has 0 spiro atoms. The largest absolute Gasteiger partial charge is 0.380 e. The first-order valence-corrected chi connectivity index (χ1v) is 5.52. The first kappa shape index (κ1) is 11.7. The van der Waals surface area contributed by atoms with Gasteiger partial charge >= 0.3 is 0 Å². The smallest absolute Gasteiger partial charge is 0.119 e. The third kappa shape index (κ3) is 2.34. The van der Waals surface area contributed by atoms with Gasteiger partial charge in [-0.25, -0.2) is 0 Å². The fourth-order valence-electron chi connectivity index (χ4n) is 1.91. The fourth-order valence-corrected chi connectivity index (χ4v) is 1.91. The summed E-state index contributed by atoms with van der Waals surface area (Å²) in [6.45, 7) is -0.583. The van der Waals surface area contributed by atoms with E-state index in [1.165, 1.54) is 0 Å². The Bertz CT molecular complexity index is 419. The van der Waals surface area contributed by atoms with E-state index in [-0.39, 0.29) is 6.42 Å². The Morgan fingerprint density at radius 2 is 1.76 bits per heavy atom. The molecule has 2 rings (SSSR count). The van der Waals surface area contributed by atoms with Crippen molar-refractivity contribution >= 4 is 0 Å². The first-order chi connectivity index (χ1) is 8.27. The average Bonchev–Trinajstić information content (AvgIpc) is 2.41. The Hall–Kier alpha value is -1.74. The van der Waals surface area contributed by atoms with E-state index >= 15 is 0 Å². The van der Waals surface area contributed by atoms with Crippen molar-refractivity contribution in [2.45, 2.75) is 12.0 Å². The summed E-state index contributed by atoms with van der Waals surface area (Å²) in [5.74, 6) is 0. The standard InChI is InChI=1S/C14H14FNO/c15-9-8-14(17,12-5-2-1-3-6-12)13-7-4-10-16-11-13/h1-7,10-11,17H,8-9H2. The molecule has 17 heavy (non-hydrogen) atoms. The van der Waals surface area contributed by atoms with E-state index in [1.54, 1.807) is 36.7 Å². The molecule has 0 aliphatic heterocycles. The molecule has 1 aromatic carbocycles. The molecule has 2 aromatic rings. The lowest BCUT2D eigenvalue weighted by molar-refractivity contribution is 0.0630. The summed E-state index contributed by atoms with van der Waals surface area (Å²) in [5, 5.41) is 10.7. The Kier molecular flexibility index (Phi) is 3.49. The summed E-state index contributed by atoms with van der Waals surface area (Å²) >= 11 is 0. The van der Waals surface area contributed by atoms with Crippen LogP contribution in [0.15, 0.2) is 54.9 Å². The highest BCUT2D eigenvalue weighted by molar-refractivity contribution is 5.34. The van der Waals surface area contributed by atoms with Gasteiger partial charge in [0.1, 0.15) is 5.60 Å². The number of aliphatic hydroxyl groups is 1. The predicted molar refractivity (Wildman–Crippen MR) is 64.3 cm³/mol. The van der Waals surface area contributed by atoms with E-state index in [9.17, 15) is 9.50 Å². The minimum atomic E-state index is -1.30. The Morgan fingerprint density at radius 1 is 1.06 bits per heavy atom. The molecule has 88 valence electrons. The monoisotopic (exact) mass is 231 g/mol. The SMILES string of the molecule is OC(CCF)(c1ccccc1)c1cccnc1. The molecule has 1 unspecified atom stereocenters. The summed E-state index contributed by atoms with van der Waals surface area (Å²) in [6, 6.07) is 12.6. The fraction of sp³-hybridized carbons (Fsp3) is 0.214. The van der Waals surface area contributed by atoms with Crippen LogP contribution in [0.5, 0.6) is 0 Å². The molecule has 1 heterocycles. The van der Waals surface area contributed by atoms with Gasteiger partial charge < -0.3 is 5.11 Å². The van der Waals surface area contributed by atoms with Gasteiger partial charge in [-0.05, 0) is 11.6 Å². The highest BCUT2D eigenvalue weighted by Crippen LogP contribution is 2.32. The van der Waals surface area contributed by atoms with Gasteiger partial charge in [0.2, 0.25) is 0 Å². The first-order valence-electron chi connectivity index (χ1n) is 5.52. The van der Waals surface area contributed by atoms with E-state index in [0.717, 1.165) is 0 Å². The zero-order valence-electron chi connectivity index (χ0n) is 9.38. The lowest BCUT2D eigenvalue weighted by Crippen LogP contribution is -2.28. The van der Waals surface area contributed by atoms with Crippen LogP contribution in [0.1, 0.15) is 17.5 Å². The van der Waals surface area contributed by atoms with Crippen LogP contribution in [-0.2, 0) is 5.60 Å². The maximum Gasteiger partial charge on any atom is 0.119 e. The van der Waals surface area contributed by atoms with Gasteiger partial charge in [0, 0.05) is 24.4 Å². The second-order valence-electron chi connectivity index (χ2n) is 3.91. The van der Waals surface area contributed by atoms with Crippen LogP contribution in [-0.4, -0.2) is 16.8 Å². The number of nitrogens with zero attached hydrogens (tertiary/aromatic N) is 1. The molecule has 1 aromatic heterocycles. The van der Waals surface area contributed by atoms with Crippen LogP contribution in [0, 0.1) is 0 Å². The van der Waals surface area contributed by atoms with Gasteiger partial charge in [0.25, 0.3) is 0 Å². The number of halogens is 1. The molecule has 2 nitrogen and oxygen atoms in total. The molecule has 0 amide bonds. The molecule has 0 bridgehead atoms. The number of aromatic nitrogens is 1. The van der Waals surface area contributed by atoms with Crippen LogP contribution in [0.3, 0.4) is 0 Å². The normalized spacial score (nSPS) is 14.2. The van der Waals surface area contributed by atoms with Gasteiger partial charge in [-0.2, -0.15) is 0 Å². The lowest BCUT2D eigenvalue weighted by atomic mass is 9.85. The number of hydrogen-bond donors (Lipinski definition) is 1. The molecular formula is C14H14FNO. The Labute approximate surface area is 99.8 Å². The predicted octanol–water partition coefficient (Wildman–Crippen LogP) is 2.68. The van der Waals surface area contributed by atoms with Crippen molar-refractivity contribution in [3.05, 3.63) is 66.0 Å².